The zero-order chi connectivity index (χ0) is 28.7. The van der Waals surface area contributed by atoms with E-state index in [0.29, 0.717) is 38.7 Å². The summed E-state index contributed by atoms with van der Waals surface area (Å²) in [6.07, 6.45) is 0. The maximum atomic E-state index is 13.6. The van der Waals surface area contributed by atoms with Crippen LogP contribution in [0.3, 0.4) is 0 Å². The molecule has 6 rings (SSSR count). The van der Waals surface area contributed by atoms with Crippen LogP contribution in [0.4, 0.5) is 5.69 Å². The zero-order valence-corrected chi connectivity index (χ0v) is 22.9. The van der Waals surface area contributed by atoms with E-state index in [1.807, 2.05) is 6.92 Å². The minimum absolute atomic E-state index is 0.144. The van der Waals surface area contributed by atoms with Crippen molar-refractivity contribution in [2.24, 2.45) is 0 Å². The van der Waals surface area contributed by atoms with Crippen molar-refractivity contribution < 1.29 is 22.7 Å². The number of halogens is 1. The Hall–Kier alpha value is -5.00. The lowest BCUT2D eigenvalue weighted by Crippen LogP contribution is -2.40. The van der Waals surface area contributed by atoms with Crippen LogP contribution in [-0.2, 0) is 10.0 Å². The third kappa shape index (κ3) is 4.81. The van der Waals surface area contributed by atoms with Gasteiger partial charge in [0.25, 0.3) is 5.56 Å². The number of nitrogens with one attached hydrogen (secondary N) is 1. The Labute approximate surface area is 238 Å². The predicted molar refractivity (Wildman–Crippen MR) is 151 cm³/mol. The first kappa shape index (κ1) is 26.2. The van der Waals surface area contributed by atoms with E-state index in [0.717, 1.165) is 10.2 Å². The molecule has 2 aromatic heterocycles. The lowest BCUT2D eigenvalue weighted by molar-refractivity contribution is -0.706. The first-order valence-electron chi connectivity index (χ1n) is 12.3. The van der Waals surface area contributed by atoms with Crippen molar-refractivity contribution in [3.8, 4) is 28.7 Å². The Balaban J connectivity index is 1.40. The summed E-state index contributed by atoms with van der Waals surface area (Å²) in [7, 11) is -4.41. The Bertz CT molecular complexity index is 2090. The van der Waals surface area contributed by atoms with Gasteiger partial charge in [-0.15, -0.1) is 0 Å². The molecule has 6 aromatic rings. The van der Waals surface area contributed by atoms with Crippen LogP contribution in [0.25, 0.3) is 33.7 Å². The van der Waals surface area contributed by atoms with Crippen molar-refractivity contribution in [1.29, 1.82) is 0 Å². The number of anilines is 1. The largest absolute Gasteiger partial charge is 0.538 e. The second-order valence-corrected chi connectivity index (χ2v) is 11.1. The summed E-state index contributed by atoms with van der Waals surface area (Å²) in [4.78, 5) is 18.4. The van der Waals surface area contributed by atoms with Crippen LogP contribution in [0.15, 0.2) is 111 Å². The number of sulfonamides is 1. The van der Waals surface area contributed by atoms with Crippen LogP contribution in [0.2, 0.25) is 5.02 Å². The molecule has 12 heteroatoms. The highest BCUT2D eigenvalue weighted by Crippen LogP contribution is 2.29. The number of fused-ring (bicyclic) bond motifs is 1. The number of aryl methyl sites for hydroxylation is 1. The van der Waals surface area contributed by atoms with Gasteiger partial charge >= 0.3 is 15.0 Å². The summed E-state index contributed by atoms with van der Waals surface area (Å²) < 4.78 is 35.9. The standard InChI is InChI=1S/C29H20ClN5O5S/c1-18-10-14-21(15-11-18)35-28(29(37)40-33-35)41(38,39)32-19-12-16-20(17-13-19)34-26(22-6-2-4-8-24(22)30)31-25-9-5-3-7-23(25)27(34)36/h2-17,32H,1H3. The first-order valence-corrected chi connectivity index (χ1v) is 14.1. The molecule has 2 heterocycles. The molecule has 0 aliphatic rings. The summed E-state index contributed by atoms with van der Waals surface area (Å²) in [5, 5.41) is 16.1. The smallest absolute Gasteiger partial charge is 0.373 e. The molecule has 10 nitrogen and oxygen atoms in total. The average molecular weight is 586 g/mol. The molecule has 0 saturated heterocycles. The van der Waals surface area contributed by atoms with E-state index in [2.05, 4.69) is 14.5 Å². The minimum atomic E-state index is -4.41. The van der Waals surface area contributed by atoms with Gasteiger partial charge in [-0.3, -0.25) is 14.1 Å². The highest BCUT2D eigenvalue weighted by Gasteiger charge is 2.33. The fraction of sp³-hybridized carbons (Fsp3) is 0.0345. The van der Waals surface area contributed by atoms with Gasteiger partial charge in [0.2, 0.25) is 5.69 Å². The Morgan fingerprint density at radius 1 is 0.927 bits per heavy atom. The molecule has 0 atom stereocenters. The molecule has 0 radical (unpaired) electrons. The van der Waals surface area contributed by atoms with Gasteiger partial charge in [0.1, 0.15) is 5.82 Å². The second kappa shape index (κ2) is 10.2. The van der Waals surface area contributed by atoms with Crippen LogP contribution in [0, 0.1) is 6.92 Å². The molecular weight excluding hydrogens is 566 g/mol. The van der Waals surface area contributed by atoms with E-state index in [1.54, 1.807) is 84.9 Å². The van der Waals surface area contributed by atoms with Gasteiger partial charge in [-0.05, 0) is 60.1 Å². The summed E-state index contributed by atoms with van der Waals surface area (Å²) in [5.74, 6) is -0.792. The number of benzene rings is 4. The van der Waals surface area contributed by atoms with Crippen molar-refractivity contribution >= 4 is 38.2 Å². The van der Waals surface area contributed by atoms with E-state index in [4.69, 9.17) is 16.6 Å². The number of para-hydroxylation sites is 1. The van der Waals surface area contributed by atoms with Crippen molar-refractivity contribution in [1.82, 2.24) is 14.8 Å². The van der Waals surface area contributed by atoms with Gasteiger partial charge in [0.15, 0.2) is 5.95 Å². The van der Waals surface area contributed by atoms with Gasteiger partial charge in [-0.1, -0.05) is 53.6 Å². The van der Waals surface area contributed by atoms with Gasteiger partial charge < -0.3 is 9.63 Å². The number of hydrogen-bond acceptors (Lipinski definition) is 7. The highest BCUT2D eigenvalue weighted by atomic mass is 35.5. The van der Waals surface area contributed by atoms with E-state index in [1.165, 1.54) is 16.7 Å². The van der Waals surface area contributed by atoms with Crippen molar-refractivity contribution in [2.75, 3.05) is 4.72 Å². The molecule has 4 aromatic carbocycles. The van der Waals surface area contributed by atoms with Crippen LogP contribution < -0.4 is 20.1 Å². The molecule has 0 bridgehead atoms. The fourth-order valence-electron chi connectivity index (χ4n) is 4.39. The number of nitrogens with zero attached hydrogens (tertiary/aromatic N) is 4. The van der Waals surface area contributed by atoms with Crippen LogP contribution in [-0.4, -0.2) is 23.2 Å². The minimum Gasteiger partial charge on any atom is -0.538 e. The van der Waals surface area contributed by atoms with E-state index in [-0.39, 0.29) is 11.2 Å². The molecule has 0 saturated carbocycles. The third-order valence-electron chi connectivity index (χ3n) is 6.37. The summed E-state index contributed by atoms with van der Waals surface area (Å²) in [6, 6.07) is 26.8. The average Bonchev–Trinajstić information content (AvgIpc) is 3.36. The highest BCUT2D eigenvalue weighted by molar-refractivity contribution is 7.92. The molecule has 204 valence electrons. The van der Waals surface area contributed by atoms with Crippen molar-refractivity contribution in [3.63, 3.8) is 0 Å². The Morgan fingerprint density at radius 2 is 1.61 bits per heavy atom. The van der Waals surface area contributed by atoms with E-state index >= 15 is 0 Å². The van der Waals surface area contributed by atoms with E-state index < -0.39 is 21.0 Å². The van der Waals surface area contributed by atoms with Gasteiger partial charge in [-0.25, -0.2) is 4.98 Å². The molecule has 0 aliphatic carbocycles. The second-order valence-electron chi connectivity index (χ2n) is 9.14. The van der Waals surface area contributed by atoms with Crippen LogP contribution in [0.1, 0.15) is 5.56 Å². The summed E-state index contributed by atoms with van der Waals surface area (Å²) >= 11 is 6.47. The molecule has 1 N–H and O–H groups in total. The fourth-order valence-corrected chi connectivity index (χ4v) is 5.78. The number of rotatable bonds is 6. The van der Waals surface area contributed by atoms with E-state index in [9.17, 15) is 18.3 Å². The molecular formula is C29H20ClN5O5S. The third-order valence-corrected chi connectivity index (χ3v) is 8.06. The topological polar surface area (TPSA) is 134 Å². The van der Waals surface area contributed by atoms with Crippen LogP contribution in [0.5, 0.6) is 5.95 Å². The predicted octanol–water partition coefficient (Wildman–Crippen LogP) is 4.15. The van der Waals surface area contributed by atoms with Gasteiger partial charge in [0, 0.05) is 23.4 Å². The van der Waals surface area contributed by atoms with Gasteiger partial charge in [-0.2, -0.15) is 8.42 Å². The molecule has 0 amide bonds. The Morgan fingerprint density at radius 3 is 2.34 bits per heavy atom. The molecule has 41 heavy (non-hydrogen) atoms. The quantitative estimate of drug-likeness (QED) is 0.290. The molecule has 0 aliphatic heterocycles. The first-order chi connectivity index (χ1) is 19.7. The lowest BCUT2D eigenvalue weighted by Gasteiger charge is -2.15. The SMILES string of the molecule is Cc1ccc(-[n+]2noc([O-])c2S(=O)(=O)Nc2ccc(-n3c(-c4ccccc4Cl)nc4ccccc4c3=O)cc2)cc1. The Kier molecular flexibility index (Phi) is 6.52. The number of aromatic nitrogens is 4. The molecule has 0 fully saturated rings. The lowest BCUT2D eigenvalue weighted by atomic mass is 10.1. The maximum Gasteiger partial charge on any atom is 0.373 e. The van der Waals surface area contributed by atoms with Crippen molar-refractivity contribution in [2.45, 2.75) is 11.9 Å². The zero-order valence-electron chi connectivity index (χ0n) is 21.4. The van der Waals surface area contributed by atoms with Crippen molar-refractivity contribution in [3.05, 3.63) is 118 Å². The van der Waals surface area contributed by atoms with Gasteiger partial charge in [0.05, 0.1) is 26.9 Å². The van der Waals surface area contributed by atoms with Crippen LogP contribution >= 0.6 is 11.6 Å². The monoisotopic (exact) mass is 585 g/mol. The number of hydrogen-bond donors (Lipinski definition) is 1. The summed E-state index contributed by atoms with van der Waals surface area (Å²) in [6.45, 7) is 1.87. The molecule has 0 unspecified atom stereocenters. The summed E-state index contributed by atoms with van der Waals surface area (Å²) in [5.41, 5.74) is 2.60. The molecule has 0 spiro atoms. The maximum absolute atomic E-state index is 13.6. The normalized spacial score (nSPS) is 11.6.